The first-order valence-corrected chi connectivity index (χ1v) is 11.1. The van der Waals surface area contributed by atoms with Crippen LogP contribution in [0.2, 0.25) is 0 Å². The van der Waals surface area contributed by atoms with Crippen LogP contribution < -0.4 is 4.72 Å². The van der Waals surface area contributed by atoms with Gasteiger partial charge in [-0.25, -0.2) is 0 Å². The highest BCUT2D eigenvalue weighted by molar-refractivity contribution is 7.87. The highest BCUT2D eigenvalue weighted by Crippen LogP contribution is 2.21. The minimum atomic E-state index is -3.60. The second-order valence-electron chi connectivity index (χ2n) is 7.28. The topological polar surface area (TPSA) is 78.9 Å². The lowest BCUT2D eigenvalue weighted by molar-refractivity contribution is -0.149. The van der Waals surface area contributed by atoms with Crippen molar-refractivity contribution < 1.29 is 17.9 Å². The zero-order chi connectivity index (χ0) is 19.3. The molecular weight excluding hydrogens is 366 g/mol. The van der Waals surface area contributed by atoms with Crippen LogP contribution in [0.4, 0.5) is 0 Å². The molecule has 2 saturated heterocycles. The Balaban J connectivity index is 1.53. The summed E-state index contributed by atoms with van der Waals surface area (Å²) in [5.74, 6) is -0.666. The normalized spacial score (nSPS) is 24.8. The number of nitrogens with one attached hydrogen (secondary N) is 1. The number of likely N-dealkylation sites (tertiary alicyclic amines) is 1. The summed E-state index contributed by atoms with van der Waals surface area (Å²) in [6, 6.07) is 10.1. The maximum absolute atomic E-state index is 12.8. The second kappa shape index (κ2) is 9.14. The molecule has 0 bridgehead atoms. The van der Waals surface area contributed by atoms with Gasteiger partial charge < -0.3 is 4.74 Å². The summed E-state index contributed by atoms with van der Waals surface area (Å²) in [5, 5.41) is 0. The number of benzene rings is 1. The van der Waals surface area contributed by atoms with Gasteiger partial charge in [0.25, 0.3) is 10.2 Å². The number of nitrogens with zero attached hydrogens (tertiary/aromatic N) is 2. The quantitative estimate of drug-likeness (QED) is 0.706. The lowest BCUT2D eigenvalue weighted by atomic mass is 10.0. The van der Waals surface area contributed by atoms with Gasteiger partial charge in [0.1, 0.15) is 0 Å². The van der Waals surface area contributed by atoms with E-state index in [9.17, 15) is 13.2 Å². The van der Waals surface area contributed by atoms with E-state index in [0.29, 0.717) is 32.5 Å². The molecule has 2 aliphatic heterocycles. The van der Waals surface area contributed by atoms with Gasteiger partial charge in [-0.3, -0.25) is 9.69 Å². The Labute approximate surface area is 161 Å². The number of ether oxygens (including phenoxy) is 1. The number of piperidine rings is 1. The van der Waals surface area contributed by atoms with Gasteiger partial charge >= 0.3 is 5.97 Å². The van der Waals surface area contributed by atoms with E-state index in [2.05, 4.69) is 21.8 Å². The maximum atomic E-state index is 12.8. The van der Waals surface area contributed by atoms with Gasteiger partial charge in [-0.15, -0.1) is 0 Å². The minimum absolute atomic E-state index is 0.0957. The van der Waals surface area contributed by atoms with Crippen LogP contribution in [0.3, 0.4) is 0 Å². The molecule has 0 spiro atoms. The third kappa shape index (κ3) is 5.51. The van der Waals surface area contributed by atoms with E-state index in [4.69, 9.17) is 4.74 Å². The van der Waals surface area contributed by atoms with Crippen LogP contribution in [0.5, 0.6) is 0 Å². The van der Waals surface area contributed by atoms with Gasteiger partial charge in [-0.05, 0) is 31.7 Å². The molecule has 2 heterocycles. The van der Waals surface area contributed by atoms with E-state index in [1.54, 1.807) is 6.92 Å². The summed E-state index contributed by atoms with van der Waals surface area (Å²) in [6.45, 7) is 5.13. The second-order valence-corrected chi connectivity index (χ2v) is 8.98. The molecule has 150 valence electrons. The number of carbonyl (C=O) groups excluding carboxylic acids is 1. The van der Waals surface area contributed by atoms with Crippen molar-refractivity contribution in [1.82, 2.24) is 13.9 Å². The Morgan fingerprint density at radius 3 is 2.70 bits per heavy atom. The first-order valence-electron chi connectivity index (χ1n) is 9.68. The van der Waals surface area contributed by atoms with Crippen molar-refractivity contribution in [1.29, 1.82) is 0 Å². The Hall–Kier alpha value is -1.48. The van der Waals surface area contributed by atoms with Crippen LogP contribution in [-0.2, 0) is 26.3 Å². The summed E-state index contributed by atoms with van der Waals surface area (Å²) in [6.07, 6.45) is 2.15. The fourth-order valence-electron chi connectivity index (χ4n) is 3.81. The van der Waals surface area contributed by atoms with Crippen LogP contribution in [0.1, 0.15) is 31.7 Å². The molecule has 3 rings (SSSR count). The summed E-state index contributed by atoms with van der Waals surface area (Å²) in [4.78, 5) is 14.2. The predicted octanol–water partition coefficient (Wildman–Crippen LogP) is 1.37. The van der Waals surface area contributed by atoms with Crippen molar-refractivity contribution in [2.45, 2.75) is 38.8 Å². The van der Waals surface area contributed by atoms with Crippen molar-refractivity contribution in [3.05, 3.63) is 35.9 Å². The smallest absolute Gasteiger partial charge is 0.310 e. The predicted molar refractivity (Wildman–Crippen MR) is 103 cm³/mol. The molecule has 0 aromatic heterocycles. The van der Waals surface area contributed by atoms with Crippen molar-refractivity contribution in [3.8, 4) is 0 Å². The molecule has 1 N–H and O–H groups in total. The molecule has 1 aromatic carbocycles. The molecule has 0 saturated carbocycles. The molecule has 7 nitrogen and oxygen atoms in total. The van der Waals surface area contributed by atoms with Crippen molar-refractivity contribution in [2.75, 3.05) is 32.8 Å². The zero-order valence-electron chi connectivity index (χ0n) is 15.8. The summed E-state index contributed by atoms with van der Waals surface area (Å²) in [5.41, 5.74) is 1.23. The lowest BCUT2D eigenvalue weighted by Crippen LogP contribution is -2.50. The number of hydrogen-bond donors (Lipinski definition) is 1. The molecule has 0 amide bonds. The van der Waals surface area contributed by atoms with Gasteiger partial charge in [0.05, 0.1) is 12.5 Å². The van der Waals surface area contributed by atoms with E-state index in [-0.39, 0.29) is 24.5 Å². The number of hydrogen-bond acceptors (Lipinski definition) is 5. The molecule has 2 atom stereocenters. The Kier molecular flexibility index (Phi) is 6.86. The van der Waals surface area contributed by atoms with Crippen molar-refractivity contribution in [2.24, 2.45) is 5.92 Å². The molecule has 0 radical (unpaired) electrons. The first-order chi connectivity index (χ1) is 13.0. The van der Waals surface area contributed by atoms with Crippen LogP contribution in [-0.4, -0.2) is 62.4 Å². The third-order valence-electron chi connectivity index (χ3n) is 5.18. The lowest BCUT2D eigenvalue weighted by Gasteiger charge is -2.31. The SMILES string of the molecule is CCOC(=O)C1CCCN(S(=O)(=O)NC2CCN(Cc3ccccc3)C2)C1. The maximum Gasteiger partial charge on any atom is 0.310 e. The summed E-state index contributed by atoms with van der Waals surface area (Å²) >= 11 is 0. The molecular formula is C19H29N3O4S. The number of carbonyl (C=O) groups is 1. The van der Waals surface area contributed by atoms with Gasteiger partial charge in [-0.1, -0.05) is 30.3 Å². The largest absolute Gasteiger partial charge is 0.466 e. The average molecular weight is 396 g/mol. The molecule has 2 unspecified atom stereocenters. The van der Waals surface area contributed by atoms with E-state index >= 15 is 0 Å². The summed E-state index contributed by atoms with van der Waals surface area (Å²) < 4.78 is 34.8. The zero-order valence-corrected chi connectivity index (χ0v) is 16.7. The van der Waals surface area contributed by atoms with Crippen molar-refractivity contribution in [3.63, 3.8) is 0 Å². The number of esters is 1. The van der Waals surface area contributed by atoms with Crippen LogP contribution in [0, 0.1) is 5.92 Å². The Bertz CT molecular complexity index is 726. The van der Waals surface area contributed by atoms with Gasteiger partial charge in [0.15, 0.2) is 0 Å². The first kappa shape index (κ1) is 20.3. The van der Waals surface area contributed by atoms with Gasteiger partial charge in [0.2, 0.25) is 0 Å². The fraction of sp³-hybridized carbons (Fsp3) is 0.632. The highest BCUT2D eigenvalue weighted by Gasteiger charge is 2.35. The number of rotatable bonds is 7. The Morgan fingerprint density at radius 2 is 1.96 bits per heavy atom. The molecule has 1 aromatic rings. The molecule has 0 aliphatic carbocycles. The van der Waals surface area contributed by atoms with Crippen molar-refractivity contribution >= 4 is 16.2 Å². The summed E-state index contributed by atoms with van der Waals surface area (Å²) in [7, 11) is -3.60. The Morgan fingerprint density at radius 1 is 1.19 bits per heavy atom. The highest BCUT2D eigenvalue weighted by atomic mass is 32.2. The van der Waals surface area contributed by atoms with Crippen LogP contribution in [0.15, 0.2) is 30.3 Å². The third-order valence-corrected chi connectivity index (χ3v) is 6.82. The fourth-order valence-corrected chi connectivity index (χ4v) is 5.32. The van der Waals surface area contributed by atoms with Crippen LogP contribution >= 0.6 is 0 Å². The molecule has 2 fully saturated rings. The van der Waals surface area contributed by atoms with E-state index < -0.39 is 10.2 Å². The molecule has 2 aliphatic rings. The van der Waals surface area contributed by atoms with Gasteiger partial charge in [0, 0.05) is 38.8 Å². The average Bonchev–Trinajstić information content (AvgIpc) is 3.09. The monoisotopic (exact) mass is 395 g/mol. The van der Waals surface area contributed by atoms with E-state index in [1.165, 1.54) is 9.87 Å². The molecule has 27 heavy (non-hydrogen) atoms. The standard InChI is InChI=1S/C19H29N3O4S/c1-2-26-19(23)17-9-6-11-22(14-17)27(24,25)20-18-10-12-21(15-18)13-16-7-4-3-5-8-16/h3-5,7-8,17-18,20H,2,6,9-15H2,1H3. The minimum Gasteiger partial charge on any atom is -0.466 e. The van der Waals surface area contributed by atoms with Crippen LogP contribution in [0.25, 0.3) is 0 Å². The van der Waals surface area contributed by atoms with Gasteiger partial charge in [-0.2, -0.15) is 17.4 Å². The molecule has 8 heteroatoms. The van der Waals surface area contributed by atoms with E-state index in [1.807, 2.05) is 18.2 Å². The van der Waals surface area contributed by atoms with E-state index in [0.717, 1.165) is 19.5 Å².